The first-order valence-corrected chi connectivity index (χ1v) is 10.2. The third-order valence-electron chi connectivity index (χ3n) is 4.08. The number of furan rings is 1. The normalized spacial score (nSPS) is 11.4. The first kappa shape index (κ1) is 18.8. The fourth-order valence-electron chi connectivity index (χ4n) is 2.78. The van der Waals surface area contributed by atoms with Gasteiger partial charge in [-0.25, -0.2) is 4.98 Å². The van der Waals surface area contributed by atoms with Gasteiger partial charge in [0.2, 0.25) is 5.89 Å². The van der Waals surface area contributed by atoms with E-state index in [1.54, 1.807) is 35.1 Å². The summed E-state index contributed by atoms with van der Waals surface area (Å²) in [5.74, 6) is 2.29. The van der Waals surface area contributed by atoms with Crippen molar-refractivity contribution in [3.8, 4) is 0 Å². The lowest BCUT2D eigenvalue weighted by molar-refractivity contribution is 0.373. The molecule has 7 nitrogen and oxygen atoms in total. The maximum absolute atomic E-state index is 13.1. The number of benzene rings is 1. The molecule has 0 unspecified atom stereocenters. The van der Waals surface area contributed by atoms with Crippen molar-refractivity contribution < 1.29 is 8.94 Å². The molecule has 0 N–H and O–H groups in total. The van der Waals surface area contributed by atoms with Crippen LogP contribution in [0, 0.1) is 0 Å². The SMILES string of the molecule is CCCc1nc(CSc2nc3cc(Cl)ccc3c(=O)n2Cc2ccco2)no1. The summed E-state index contributed by atoms with van der Waals surface area (Å²) in [5.41, 5.74) is 0.399. The Bertz CT molecular complexity index is 1150. The summed E-state index contributed by atoms with van der Waals surface area (Å²) < 4.78 is 12.2. The molecule has 0 spiro atoms. The van der Waals surface area contributed by atoms with Gasteiger partial charge in [0.1, 0.15) is 5.76 Å². The van der Waals surface area contributed by atoms with Gasteiger partial charge in [-0.15, -0.1) is 0 Å². The van der Waals surface area contributed by atoms with E-state index < -0.39 is 0 Å². The average molecular weight is 417 g/mol. The lowest BCUT2D eigenvalue weighted by Gasteiger charge is -2.11. The van der Waals surface area contributed by atoms with E-state index in [-0.39, 0.29) is 12.1 Å². The molecule has 0 aliphatic carbocycles. The van der Waals surface area contributed by atoms with E-state index in [4.69, 9.17) is 20.5 Å². The summed E-state index contributed by atoms with van der Waals surface area (Å²) in [7, 11) is 0. The van der Waals surface area contributed by atoms with Crippen molar-refractivity contribution in [1.29, 1.82) is 0 Å². The molecule has 0 amide bonds. The van der Waals surface area contributed by atoms with Crippen molar-refractivity contribution in [1.82, 2.24) is 19.7 Å². The molecule has 0 radical (unpaired) electrons. The van der Waals surface area contributed by atoms with E-state index in [1.165, 1.54) is 11.8 Å². The van der Waals surface area contributed by atoms with Crippen LogP contribution in [0.3, 0.4) is 0 Å². The van der Waals surface area contributed by atoms with E-state index in [0.717, 1.165) is 12.8 Å². The third kappa shape index (κ3) is 3.98. The zero-order valence-electron chi connectivity index (χ0n) is 15.1. The summed E-state index contributed by atoms with van der Waals surface area (Å²) >= 11 is 7.45. The quantitative estimate of drug-likeness (QED) is 0.327. The van der Waals surface area contributed by atoms with Gasteiger partial charge in [0.25, 0.3) is 5.56 Å². The average Bonchev–Trinajstić information content (AvgIpc) is 3.35. The van der Waals surface area contributed by atoms with E-state index in [9.17, 15) is 4.79 Å². The van der Waals surface area contributed by atoms with Gasteiger partial charge in [-0.2, -0.15) is 4.98 Å². The molecule has 4 rings (SSSR count). The highest BCUT2D eigenvalue weighted by atomic mass is 35.5. The number of rotatable bonds is 7. The Morgan fingerprint density at radius 1 is 1.25 bits per heavy atom. The second-order valence-corrected chi connectivity index (χ2v) is 7.55. The topological polar surface area (TPSA) is 87.0 Å². The van der Waals surface area contributed by atoms with Gasteiger partial charge >= 0.3 is 0 Å². The smallest absolute Gasteiger partial charge is 0.262 e. The van der Waals surface area contributed by atoms with Crippen LogP contribution < -0.4 is 5.56 Å². The van der Waals surface area contributed by atoms with Crippen molar-refractivity contribution in [2.24, 2.45) is 0 Å². The van der Waals surface area contributed by atoms with Crippen molar-refractivity contribution in [3.63, 3.8) is 0 Å². The van der Waals surface area contributed by atoms with E-state index in [1.807, 2.05) is 6.07 Å². The molecule has 3 heterocycles. The third-order valence-corrected chi connectivity index (χ3v) is 5.29. The first-order chi connectivity index (χ1) is 13.6. The van der Waals surface area contributed by atoms with E-state index >= 15 is 0 Å². The lowest BCUT2D eigenvalue weighted by Crippen LogP contribution is -2.23. The molecule has 9 heteroatoms. The number of aryl methyl sites for hydroxylation is 1. The summed E-state index contributed by atoms with van der Waals surface area (Å²) in [6.07, 6.45) is 3.26. The first-order valence-electron chi connectivity index (χ1n) is 8.81. The minimum absolute atomic E-state index is 0.152. The van der Waals surface area contributed by atoms with Crippen molar-refractivity contribution >= 4 is 34.3 Å². The predicted molar refractivity (Wildman–Crippen MR) is 107 cm³/mol. The van der Waals surface area contributed by atoms with Gasteiger partial charge in [0.05, 0.1) is 29.5 Å². The standard InChI is InChI=1S/C19H17ClN4O3S/c1-2-4-17-22-16(23-27-17)11-28-19-21-15-9-12(20)6-7-14(15)18(25)24(19)10-13-5-3-8-26-13/h3,5-9H,2,4,10-11H2,1H3. The van der Waals surface area contributed by atoms with Gasteiger partial charge in [0.15, 0.2) is 11.0 Å². The van der Waals surface area contributed by atoms with Crippen molar-refractivity contribution in [2.45, 2.75) is 37.2 Å². The molecule has 0 bridgehead atoms. The number of fused-ring (bicyclic) bond motifs is 1. The minimum atomic E-state index is -0.152. The molecule has 1 aromatic carbocycles. The van der Waals surface area contributed by atoms with Crippen LogP contribution in [0.15, 0.2) is 55.5 Å². The van der Waals surface area contributed by atoms with Crippen LogP contribution in [0.4, 0.5) is 0 Å². The highest BCUT2D eigenvalue weighted by molar-refractivity contribution is 7.98. The van der Waals surface area contributed by atoms with Gasteiger partial charge in [-0.3, -0.25) is 9.36 Å². The number of thioether (sulfide) groups is 1. The Morgan fingerprint density at radius 3 is 2.93 bits per heavy atom. The molecule has 3 aromatic heterocycles. The van der Waals surface area contributed by atoms with Gasteiger partial charge in [-0.1, -0.05) is 35.4 Å². The van der Waals surface area contributed by atoms with Crippen LogP contribution in [0.25, 0.3) is 10.9 Å². The number of halogens is 1. The Kier molecular flexibility index (Phi) is 5.50. The highest BCUT2D eigenvalue weighted by Gasteiger charge is 2.15. The minimum Gasteiger partial charge on any atom is -0.467 e. The van der Waals surface area contributed by atoms with Gasteiger partial charge in [0, 0.05) is 11.4 Å². The molecule has 28 heavy (non-hydrogen) atoms. The molecule has 4 aromatic rings. The number of aromatic nitrogens is 4. The second-order valence-electron chi connectivity index (χ2n) is 6.17. The molecule has 0 fully saturated rings. The van der Waals surface area contributed by atoms with Gasteiger partial charge in [-0.05, 0) is 36.8 Å². The Morgan fingerprint density at radius 2 is 2.14 bits per heavy atom. The predicted octanol–water partition coefficient (Wildman–Crippen LogP) is 4.32. The Balaban J connectivity index is 1.70. The van der Waals surface area contributed by atoms with Gasteiger partial charge < -0.3 is 8.94 Å². The molecule has 0 aliphatic heterocycles. The van der Waals surface area contributed by atoms with Crippen molar-refractivity contribution in [3.05, 3.63) is 69.4 Å². The summed E-state index contributed by atoms with van der Waals surface area (Å²) in [6, 6.07) is 8.67. The molecule has 0 saturated heterocycles. The molecule has 144 valence electrons. The van der Waals surface area contributed by atoms with Crippen LogP contribution in [-0.4, -0.2) is 19.7 Å². The fraction of sp³-hybridized carbons (Fsp3) is 0.263. The lowest BCUT2D eigenvalue weighted by atomic mass is 10.2. The van der Waals surface area contributed by atoms with Crippen LogP contribution in [0.1, 0.15) is 30.8 Å². The zero-order chi connectivity index (χ0) is 19.5. The largest absolute Gasteiger partial charge is 0.467 e. The maximum Gasteiger partial charge on any atom is 0.262 e. The zero-order valence-corrected chi connectivity index (χ0v) is 16.7. The molecule has 0 aliphatic rings. The highest BCUT2D eigenvalue weighted by Crippen LogP contribution is 2.23. The van der Waals surface area contributed by atoms with E-state index in [2.05, 4.69) is 22.0 Å². The Hall–Kier alpha value is -2.58. The van der Waals surface area contributed by atoms with Crippen LogP contribution >= 0.6 is 23.4 Å². The molecule has 0 atom stereocenters. The van der Waals surface area contributed by atoms with E-state index in [0.29, 0.717) is 44.3 Å². The summed E-state index contributed by atoms with van der Waals surface area (Å²) in [5, 5.41) is 5.57. The van der Waals surface area contributed by atoms with Crippen LogP contribution in [0.2, 0.25) is 5.02 Å². The molecular formula is C19H17ClN4O3S. The number of hydrogen-bond donors (Lipinski definition) is 0. The molecule has 0 saturated carbocycles. The summed E-state index contributed by atoms with van der Waals surface area (Å²) in [4.78, 5) is 22.1. The number of hydrogen-bond acceptors (Lipinski definition) is 7. The fourth-order valence-corrected chi connectivity index (χ4v) is 3.78. The number of nitrogens with zero attached hydrogens (tertiary/aromatic N) is 4. The monoisotopic (exact) mass is 416 g/mol. The van der Waals surface area contributed by atoms with Crippen LogP contribution in [0.5, 0.6) is 0 Å². The Labute approximate surface area is 169 Å². The molecular weight excluding hydrogens is 400 g/mol. The maximum atomic E-state index is 13.1. The van der Waals surface area contributed by atoms with Crippen LogP contribution in [-0.2, 0) is 18.7 Å². The van der Waals surface area contributed by atoms with Crippen molar-refractivity contribution in [2.75, 3.05) is 0 Å². The summed E-state index contributed by atoms with van der Waals surface area (Å²) in [6.45, 7) is 2.34. The second kappa shape index (κ2) is 8.20.